The quantitative estimate of drug-likeness (QED) is 0.423. The number of carbonyl (C=O) groups is 1. The smallest absolute Gasteiger partial charge is 0.272 e. The number of amides is 1. The Morgan fingerprint density at radius 2 is 2.06 bits per heavy atom. The molecule has 3 saturated carbocycles. The van der Waals surface area contributed by atoms with Gasteiger partial charge in [-0.05, 0) is 72.8 Å². The van der Waals surface area contributed by atoms with Crippen LogP contribution in [0.1, 0.15) is 49.2 Å². The summed E-state index contributed by atoms with van der Waals surface area (Å²) < 4.78 is 36.6. The first-order valence-electron chi connectivity index (χ1n) is 12.0. The molecule has 3 atom stereocenters. The zero-order valence-electron chi connectivity index (χ0n) is 19.6. The first kappa shape index (κ1) is 22.7. The lowest BCUT2D eigenvalue weighted by atomic mass is 9.45. The van der Waals surface area contributed by atoms with Crippen molar-refractivity contribution in [1.82, 2.24) is 15.1 Å². The Morgan fingerprint density at radius 1 is 1.23 bits per heavy atom. The Bertz CT molecular complexity index is 1350. The molecule has 5 nitrogen and oxygen atoms in total. The Hall–Kier alpha value is -2.74. The van der Waals surface area contributed by atoms with Crippen LogP contribution in [0.2, 0.25) is 0 Å². The fourth-order valence-electron chi connectivity index (χ4n) is 6.35. The van der Waals surface area contributed by atoms with Gasteiger partial charge in [0.05, 0.1) is 5.69 Å². The summed E-state index contributed by atoms with van der Waals surface area (Å²) in [5, 5.41) is 7.65. The number of fused-ring (bicyclic) bond motifs is 5. The summed E-state index contributed by atoms with van der Waals surface area (Å²) in [6.45, 7) is 5.40. The minimum atomic E-state index is -0.753. The molecule has 1 N–H and O–H groups in total. The van der Waals surface area contributed by atoms with Gasteiger partial charge in [0.1, 0.15) is 23.9 Å². The molecule has 4 aliphatic rings. The highest BCUT2D eigenvalue weighted by Crippen LogP contribution is 2.61. The zero-order valence-corrected chi connectivity index (χ0v) is 21.2. The van der Waals surface area contributed by atoms with Crippen LogP contribution < -0.4 is 10.1 Å². The predicted molar refractivity (Wildman–Crippen MR) is 131 cm³/mol. The largest absolute Gasteiger partial charge is 0.488 e. The Balaban J connectivity index is 1.37. The van der Waals surface area contributed by atoms with Gasteiger partial charge in [0.15, 0.2) is 11.5 Å². The molecule has 0 saturated heterocycles. The molecule has 3 aromatic rings. The molecule has 3 fully saturated rings. The zero-order chi connectivity index (χ0) is 24.5. The summed E-state index contributed by atoms with van der Waals surface area (Å²) in [7, 11) is 0. The average molecular weight is 542 g/mol. The van der Waals surface area contributed by atoms with Gasteiger partial charge in [-0.3, -0.25) is 4.79 Å². The Labute approximate surface area is 211 Å². The SMILES string of the molecule is CC1(C)C2CCC(CNC(=O)c3nn(-c4ccc(F)cc4F)c4c3COc3cc(Br)ccc3-4)C1C2. The lowest BCUT2D eigenvalue weighted by molar-refractivity contribution is -0.103. The van der Waals surface area contributed by atoms with Gasteiger partial charge in [0.2, 0.25) is 0 Å². The van der Waals surface area contributed by atoms with E-state index in [-0.39, 0.29) is 23.9 Å². The van der Waals surface area contributed by atoms with E-state index in [1.807, 2.05) is 18.2 Å². The van der Waals surface area contributed by atoms with Gasteiger partial charge in [-0.25, -0.2) is 13.5 Å². The predicted octanol–water partition coefficient (Wildman–Crippen LogP) is 6.27. The third-order valence-corrected chi connectivity index (χ3v) is 8.93. The van der Waals surface area contributed by atoms with Crippen LogP contribution in [0.4, 0.5) is 8.78 Å². The van der Waals surface area contributed by atoms with Crippen LogP contribution in [-0.2, 0) is 6.61 Å². The number of halogens is 3. The second-order valence-corrected chi connectivity index (χ2v) is 11.4. The molecule has 3 aliphatic carbocycles. The molecule has 35 heavy (non-hydrogen) atoms. The highest BCUT2D eigenvalue weighted by Gasteiger charge is 2.54. The van der Waals surface area contributed by atoms with Crippen molar-refractivity contribution in [1.29, 1.82) is 0 Å². The van der Waals surface area contributed by atoms with Crippen molar-refractivity contribution in [3.63, 3.8) is 0 Å². The second kappa shape index (κ2) is 8.15. The standard InChI is InChI=1S/C27H26BrF2N3O2/c1-27(2)15-4-3-14(20(27)9-15)12-31-26(34)24-19-13-35-23-10-16(28)5-7-18(23)25(19)33(32-24)22-8-6-17(29)11-21(22)30/h5-8,10-11,14-15,20H,3-4,9,12-13H2,1-2H3,(H,31,34). The number of hydrogen-bond donors (Lipinski definition) is 1. The van der Waals surface area contributed by atoms with Crippen molar-refractivity contribution >= 4 is 21.8 Å². The first-order valence-corrected chi connectivity index (χ1v) is 12.8. The van der Waals surface area contributed by atoms with E-state index in [9.17, 15) is 13.6 Å². The van der Waals surface area contributed by atoms with Crippen LogP contribution in [0.3, 0.4) is 0 Å². The van der Waals surface area contributed by atoms with Crippen LogP contribution >= 0.6 is 15.9 Å². The van der Waals surface area contributed by atoms with Gasteiger partial charge in [-0.2, -0.15) is 5.10 Å². The fourth-order valence-corrected chi connectivity index (χ4v) is 6.69. The van der Waals surface area contributed by atoms with Crippen LogP contribution in [0.15, 0.2) is 40.9 Å². The van der Waals surface area contributed by atoms with Crippen LogP contribution in [0, 0.1) is 34.8 Å². The topological polar surface area (TPSA) is 56.2 Å². The monoisotopic (exact) mass is 541 g/mol. The molecule has 8 heteroatoms. The number of aromatic nitrogens is 2. The van der Waals surface area contributed by atoms with Gasteiger partial charge in [-0.15, -0.1) is 0 Å². The molecule has 0 radical (unpaired) electrons. The Kier molecular flexibility index (Phi) is 5.29. The molecule has 2 heterocycles. The highest BCUT2D eigenvalue weighted by atomic mass is 79.9. The lowest BCUT2D eigenvalue weighted by Gasteiger charge is -2.60. The lowest BCUT2D eigenvalue weighted by Crippen LogP contribution is -2.54. The molecule has 2 aromatic carbocycles. The third kappa shape index (κ3) is 3.60. The molecular formula is C27H26BrF2N3O2. The van der Waals surface area contributed by atoms with E-state index < -0.39 is 11.6 Å². The summed E-state index contributed by atoms with van der Waals surface area (Å²) >= 11 is 3.45. The van der Waals surface area contributed by atoms with Crippen molar-refractivity contribution in [3.8, 4) is 22.7 Å². The van der Waals surface area contributed by atoms with Gasteiger partial charge < -0.3 is 10.1 Å². The molecule has 1 aromatic heterocycles. The van der Waals surface area contributed by atoms with Gasteiger partial charge in [0, 0.05) is 28.2 Å². The fraction of sp³-hybridized carbons (Fsp3) is 0.407. The number of ether oxygens (including phenoxy) is 1. The molecular weight excluding hydrogens is 516 g/mol. The molecule has 1 aliphatic heterocycles. The van der Waals surface area contributed by atoms with E-state index >= 15 is 0 Å². The third-order valence-electron chi connectivity index (χ3n) is 8.43. The van der Waals surface area contributed by atoms with Crippen molar-refractivity contribution in [2.45, 2.75) is 39.7 Å². The van der Waals surface area contributed by atoms with Crippen molar-refractivity contribution in [2.24, 2.45) is 23.2 Å². The van der Waals surface area contributed by atoms with Crippen LogP contribution in [-0.4, -0.2) is 22.2 Å². The number of nitrogens with zero attached hydrogens (tertiary/aromatic N) is 2. The van der Waals surface area contributed by atoms with Gasteiger partial charge in [0.25, 0.3) is 5.91 Å². The molecule has 0 spiro atoms. The van der Waals surface area contributed by atoms with Crippen molar-refractivity contribution in [3.05, 3.63) is 63.8 Å². The minimum absolute atomic E-state index is 0.0759. The van der Waals surface area contributed by atoms with E-state index in [1.165, 1.54) is 29.7 Å². The van der Waals surface area contributed by atoms with E-state index in [1.54, 1.807) is 0 Å². The van der Waals surface area contributed by atoms with Gasteiger partial charge >= 0.3 is 0 Å². The molecule has 3 unspecified atom stereocenters. The Morgan fingerprint density at radius 3 is 2.80 bits per heavy atom. The van der Waals surface area contributed by atoms with Gasteiger partial charge in [-0.1, -0.05) is 29.8 Å². The van der Waals surface area contributed by atoms with E-state index in [2.05, 4.69) is 40.2 Å². The summed E-state index contributed by atoms with van der Waals surface area (Å²) in [6.07, 6.45) is 3.57. The second-order valence-electron chi connectivity index (χ2n) is 10.5. The number of carbonyl (C=O) groups excluding carboxylic acids is 1. The molecule has 7 rings (SSSR count). The number of nitrogens with one attached hydrogen (secondary N) is 1. The average Bonchev–Trinajstić information content (AvgIpc) is 3.22. The van der Waals surface area contributed by atoms with Crippen LogP contribution in [0.5, 0.6) is 5.75 Å². The maximum Gasteiger partial charge on any atom is 0.272 e. The minimum Gasteiger partial charge on any atom is -0.488 e. The van der Waals surface area contributed by atoms with Crippen LogP contribution in [0.25, 0.3) is 16.9 Å². The molecule has 2 bridgehead atoms. The van der Waals surface area contributed by atoms with Crippen molar-refractivity contribution < 1.29 is 18.3 Å². The number of benzene rings is 2. The summed E-state index contributed by atoms with van der Waals surface area (Å²) in [5.74, 6) is 0.737. The molecule has 182 valence electrons. The number of hydrogen-bond acceptors (Lipinski definition) is 3. The highest BCUT2D eigenvalue weighted by molar-refractivity contribution is 9.10. The normalized spacial score (nSPS) is 23.5. The molecule has 1 amide bonds. The summed E-state index contributed by atoms with van der Waals surface area (Å²) in [6, 6.07) is 8.87. The number of rotatable bonds is 4. The summed E-state index contributed by atoms with van der Waals surface area (Å²) in [5.41, 5.74) is 2.48. The maximum absolute atomic E-state index is 14.8. The van der Waals surface area contributed by atoms with E-state index in [4.69, 9.17) is 4.74 Å². The maximum atomic E-state index is 14.8. The van der Waals surface area contributed by atoms with E-state index in [0.29, 0.717) is 46.4 Å². The first-order chi connectivity index (χ1) is 16.7. The summed E-state index contributed by atoms with van der Waals surface area (Å²) in [4.78, 5) is 13.4. The van der Waals surface area contributed by atoms with E-state index in [0.717, 1.165) is 22.9 Å². The van der Waals surface area contributed by atoms with Crippen molar-refractivity contribution in [2.75, 3.05) is 6.54 Å².